The van der Waals surface area contributed by atoms with Crippen molar-refractivity contribution in [1.29, 1.82) is 0 Å². The Balaban J connectivity index is 1.66. The molecule has 0 saturated carbocycles. The molecule has 162 valence electrons. The lowest BCUT2D eigenvalue weighted by Gasteiger charge is -2.51. The second-order valence-electron chi connectivity index (χ2n) is 10.0. The van der Waals surface area contributed by atoms with Gasteiger partial charge in [0.15, 0.2) is 0 Å². The molecule has 1 aliphatic heterocycles. The van der Waals surface area contributed by atoms with Crippen LogP contribution in [-0.2, 0) is 11.8 Å². The van der Waals surface area contributed by atoms with Crippen molar-refractivity contribution in [3.63, 3.8) is 0 Å². The molecule has 0 amide bonds. The molecule has 0 aromatic heterocycles. The van der Waals surface area contributed by atoms with E-state index in [9.17, 15) is 0 Å². The average Bonchev–Trinajstić information content (AvgIpc) is 2.74. The van der Waals surface area contributed by atoms with Crippen molar-refractivity contribution in [2.45, 2.75) is 45.1 Å². The van der Waals surface area contributed by atoms with Gasteiger partial charge >= 0.3 is 0 Å². The molecular weight excluding hydrogens is 400 g/mol. The summed E-state index contributed by atoms with van der Waals surface area (Å²) in [4.78, 5) is 5.11. The predicted molar refractivity (Wildman–Crippen MR) is 135 cm³/mol. The molecule has 3 heteroatoms. The summed E-state index contributed by atoms with van der Waals surface area (Å²) in [5.74, 6) is 0. The first-order valence-electron chi connectivity index (χ1n) is 11.2. The summed E-state index contributed by atoms with van der Waals surface area (Å²) in [5.41, 5.74) is 5.44. The number of anilines is 2. The van der Waals surface area contributed by atoms with Crippen LogP contribution in [-0.4, -0.2) is 25.2 Å². The molecule has 0 N–H and O–H groups in total. The first-order valence-corrected chi connectivity index (χ1v) is 11.6. The van der Waals surface area contributed by atoms with Crippen molar-refractivity contribution in [2.75, 3.05) is 29.4 Å². The molecule has 1 heterocycles. The Bertz CT molecular complexity index is 990. The van der Waals surface area contributed by atoms with Crippen molar-refractivity contribution in [2.24, 2.45) is 0 Å². The minimum atomic E-state index is -0.0253. The van der Waals surface area contributed by atoms with Gasteiger partial charge in [0.1, 0.15) is 0 Å². The van der Waals surface area contributed by atoms with E-state index in [0.29, 0.717) is 0 Å². The molecule has 0 radical (unpaired) electrons. The molecule has 0 bridgehead atoms. The van der Waals surface area contributed by atoms with Gasteiger partial charge in [0.05, 0.1) is 5.54 Å². The largest absolute Gasteiger partial charge is 0.367 e. The molecule has 3 aromatic rings. The Kier molecular flexibility index (Phi) is 6.03. The topological polar surface area (TPSA) is 6.48 Å². The highest BCUT2D eigenvalue weighted by atomic mass is 35.5. The minimum Gasteiger partial charge on any atom is -0.367 e. The molecule has 1 fully saturated rings. The SMILES string of the molecule is CC(C)(C)c1ccc(N2CCN(c3ccc(Cl)cc3)CC2(C)Cc2ccccc2)cc1. The molecule has 1 aliphatic rings. The van der Waals surface area contributed by atoms with Gasteiger partial charge in [-0.1, -0.05) is 74.8 Å². The van der Waals surface area contributed by atoms with Crippen LogP contribution in [0.2, 0.25) is 5.02 Å². The summed E-state index contributed by atoms with van der Waals surface area (Å²) >= 11 is 6.14. The van der Waals surface area contributed by atoms with Crippen molar-refractivity contribution in [3.05, 3.63) is 95.0 Å². The van der Waals surface area contributed by atoms with Crippen LogP contribution in [0.5, 0.6) is 0 Å². The Labute approximate surface area is 192 Å². The molecule has 2 nitrogen and oxygen atoms in total. The summed E-state index contributed by atoms with van der Waals surface area (Å²) in [6, 6.07) is 28.3. The van der Waals surface area contributed by atoms with Crippen LogP contribution in [0.25, 0.3) is 0 Å². The van der Waals surface area contributed by atoms with E-state index < -0.39 is 0 Å². The van der Waals surface area contributed by atoms with Crippen LogP contribution in [0.15, 0.2) is 78.9 Å². The summed E-state index contributed by atoms with van der Waals surface area (Å²) in [5, 5.41) is 0.786. The monoisotopic (exact) mass is 432 g/mol. The van der Waals surface area contributed by atoms with Gasteiger partial charge in [0, 0.05) is 36.0 Å². The van der Waals surface area contributed by atoms with Gasteiger partial charge in [-0.2, -0.15) is 0 Å². The summed E-state index contributed by atoms with van der Waals surface area (Å²) < 4.78 is 0. The highest BCUT2D eigenvalue weighted by Crippen LogP contribution is 2.34. The smallest absolute Gasteiger partial charge is 0.0589 e. The zero-order valence-corrected chi connectivity index (χ0v) is 19.9. The van der Waals surface area contributed by atoms with E-state index in [1.54, 1.807) is 0 Å². The third kappa shape index (κ3) is 4.91. The first kappa shape index (κ1) is 21.8. The molecule has 31 heavy (non-hydrogen) atoms. The number of rotatable bonds is 4. The van der Waals surface area contributed by atoms with Crippen LogP contribution in [0, 0.1) is 0 Å². The molecular formula is C28H33ClN2. The lowest BCUT2D eigenvalue weighted by molar-refractivity contribution is 0.380. The van der Waals surface area contributed by atoms with Crippen molar-refractivity contribution in [3.8, 4) is 0 Å². The molecule has 3 aromatic carbocycles. The molecule has 4 rings (SSSR count). The molecule has 1 unspecified atom stereocenters. The highest BCUT2D eigenvalue weighted by molar-refractivity contribution is 6.30. The van der Waals surface area contributed by atoms with Gasteiger partial charge in [-0.25, -0.2) is 0 Å². The van der Waals surface area contributed by atoms with Gasteiger partial charge < -0.3 is 9.80 Å². The minimum absolute atomic E-state index is 0.0253. The van der Waals surface area contributed by atoms with Crippen molar-refractivity contribution >= 4 is 23.0 Å². The third-order valence-corrected chi connectivity index (χ3v) is 6.69. The summed E-state index contributed by atoms with van der Waals surface area (Å²) in [7, 11) is 0. The number of piperazine rings is 1. The molecule has 0 spiro atoms. The summed E-state index contributed by atoms with van der Waals surface area (Å²) in [6.45, 7) is 12.2. The second kappa shape index (κ2) is 8.59. The van der Waals surface area contributed by atoms with Gasteiger partial charge in [-0.3, -0.25) is 0 Å². The van der Waals surface area contributed by atoms with E-state index in [4.69, 9.17) is 11.6 Å². The van der Waals surface area contributed by atoms with Gasteiger partial charge in [0.2, 0.25) is 0 Å². The Morgan fingerprint density at radius 3 is 2.03 bits per heavy atom. The number of halogens is 1. The summed E-state index contributed by atoms with van der Waals surface area (Å²) in [6.07, 6.45) is 0.999. The van der Waals surface area contributed by atoms with Gasteiger partial charge in [0.25, 0.3) is 0 Å². The predicted octanol–water partition coefficient (Wildman–Crippen LogP) is 6.97. The van der Waals surface area contributed by atoms with Gasteiger partial charge in [-0.15, -0.1) is 0 Å². The Hall–Kier alpha value is -2.45. The van der Waals surface area contributed by atoms with Crippen LogP contribution >= 0.6 is 11.6 Å². The van der Waals surface area contributed by atoms with Crippen molar-refractivity contribution < 1.29 is 0 Å². The van der Waals surface area contributed by atoms with Gasteiger partial charge in [-0.05, 0) is 66.3 Å². The van der Waals surface area contributed by atoms with E-state index in [2.05, 4.69) is 104 Å². The highest BCUT2D eigenvalue weighted by Gasteiger charge is 2.38. The quantitative estimate of drug-likeness (QED) is 0.439. The third-order valence-electron chi connectivity index (χ3n) is 6.44. The Morgan fingerprint density at radius 1 is 0.806 bits per heavy atom. The van der Waals surface area contributed by atoms with Crippen LogP contribution in [0.1, 0.15) is 38.8 Å². The lowest BCUT2D eigenvalue weighted by Crippen LogP contribution is -2.62. The maximum atomic E-state index is 6.14. The van der Waals surface area contributed by atoms with E-state index in [1.807, 2.05) is 12.1 Å². The molecule has 1 saturated heterocycles. The second-order valence-corrected chi connectivity index (χ2v) is 10.4. The molecule has 1 atom stereocenters. The maximum Gasteiger partial charge on any atom is 0.0589 e. The number of benzene rings is 3. The zero-order chi connectivity index (χ0) is 22.1. The number of hydrogen-bond acceptors (Lipinski definition) is 2. The Morgan fingerprint density at radius 2 is 1.42 bits per heavy atom. The van der Waals surface area contributed by atoms with Crippen LogP contribution < -0.4 is 9.80 Å². The lowest BCUT2D eigenvalue weighted by atomic mass is 9.85. The normalized spacial score (nSPS) is 19.5. The van der Waals surface area contributed by atoms with E-state index in [1.165, 1.54) is 22.5 Å². The number of nitrogens with zero attached hydrogens (tertiary/aromatic N) is 2. The fraction of sp³-hybridized carbons (Fsp3) is 0.357. The van der Waals surface area contributed by atoms with E-state index in [0.717, 1.165) is 31.1 Å². The van der Waals surface area contributed by atoms with Crippen LogP contribution in [0.3, 0.4) is 0 Å². The number of hydrogen-bond donors (Lipinski definition) is 0. The van der Waals surface area contributed by atoms with E-state index >= 15 is 0 Å². The average molecular weight is 433 g/mol. The van der Waals surface area contributed by atoms with Crippen LogP contribution in [0.4, 0.5) is 11.4 Å². The van der Waals surface area contributed by atoms with Crippen molar-refractivity contribution in [1.82, 2.24) is 0 Å². The zero-order valence-electron chi connectivity index (χ0n) is 19.1. The fourth-order valence-corrected chi connectivity index (χ4v) is 4.83. The fourth-order valence-electron chi connectivity index (χ4n) is 4.71. The standard InChI is InChI=1S/C28H33ClN2/c1-27(2,3)23-10-14-26(15-11-23)31-19-18-30(25-16-12-24(29)13-17-25)21-28(31,4)20-22-8-6-5-7-9-22/h5-17H,18-21H2,1-4H3. The molecule has 0 aliphatic carbocycles. The maximum absolute atomic E-state index is 6.14. The van der Waals surface area contributed by atoms with E-state index in [-0.39, 0.29) is 11.0 Å². The first-order chi connectivity index (χ1) is 14.7.